The Morgan fingerprint density at radius 2 is 1.35 bits per heavy atom. The van der Waals surface area contributed by atoms with E-state index in [1.54, 1.807) is 0 Å². The van der Waals surface area contributed by atoms with E-state index in [0.717, 1.165) is 6.42 Å². The Bertz CT molecular complexity index is 576. The monoisotopic (exact) mass is 265 g/mol. The van der Waals surface area contributed by atoms with Crippen LogP contribution in [0, 0.1) is 5.41 Å². The smallest absolute Gasteiger partial charge is 0.0252 e. The molecular weight excluding hydrogens is 242 g/mol. The van der Waals surface area contributed by atoms with Crippen molar-refractivity contribution in [1.29, 1.82) is 0 Å². The first kappa shape index (κ1) is 13.4. The Kier molecular flexibility index (Phi) is 3.18. The second kappa shape index (κ2) is 4.75. The van der Waals surface area contributed by atoms with Crippen molar-refractivity contribution in [3.63, 3.8) is 0 Å². The van der Waals surface area contributed by atoms with E-state index in [9.17, 15) is 0 Å². The fourth-order valence-electron chi connectivity index (χ4n) is 3.26. The molecule has 0 aliphatic heterocycles. The van der Waals surface area contributed by atoms with E-state index < -0.39 is 0 Å². The van der Waals surface area contributed by atoms with E-state index in [-0.39, 0.29) is 11.5 Å². The predicted octanol–water partition coefficient (Wildman–Crippen LogP) is 4.10. The third kappa shape index (κ3) is 2.16. The van der Waals surface area contributed by atoms with Gasteiger partial charge in [0, 0.05) is 12.0 Å². The second-order valence-corrected chi connectivity index (χ2v) is 6.94. The number of hydrogen-bond acceptors (Lipinski definition) is 1. The van der Waals surface area contributed by atoms with Gasteiger partial charge in [0.1, 0.15) is 0 Å². The largest absolute Gasteiger partial charge is 0.326 e. The summed E-state index contributed by atoms with van der Waals surface area (Å²) in [7, 11) is 0. The van der Waals surface area contributed by atoms with E-state index in [2.05, 4.69) is 69.3 Å². The molecule has 1 aliphatic rings. The number of fused-ring (bicyclic) bond motifs is 2. The molecule has 2 N–H and O–H groups in total. The molecule has 0 aromatic heterocycles. The van der Waals surface area contributed by atoms with Crippen molar-refractivity contribution in [1.82, 2.24) is 0 Å². The van der Waals surface area contributed by atoms with Gasteiger partial charge in [-0.3, -0.25) is 0 Å². The summed E-state index contributed by atoms with van der Waals surface area (Å²) in [6, 6.07) is 17.6. The van der Waals surface area contributed by atoms with Gasteiger partial charge in [-0.1, -0.05) is 69.3 Å². The Labute approximate surface area is 121 Å². The van der Waals surface area contributed by atoms with Gasteiger partial charge < -0.3 is 5.73 Å². The minimum Gasteiger partial charge on any atom is -0.326 e. The van der Waals surface area contributed by atoms with Crippen molar-refractivity contribution in [3.05, 3.63) is 70.8 Å². The van der Waals surface area contributed by atoms with Crippen LogP contribution in [0.5, 0.6) is 0 Å². The molecule has 3 rings (SSSR count). The first-order valence-electron chi connectivity index (χ1n) is 7.39. The second-order valence-electron chi connectivity index (χ2n) is 6.94. The topological polar surface area (TPSA) is 26.0 Å². The zero-order chi connectivity index (χ0) is 14.3. The van der Waals surface area contributed by atoms with Crippen molar-refractivity contribution in [2.24, 2.45) is 11.1 Å². The molecule has 20 heavy (non-hydrogen) atoms. The van der Waals surface area contributed by atoms with Crippen LogP contribution in [0.4, 0.5) is 0 Å². The summed E-state index contributed by atoms with van der Waals surface area (Å²) >= 11 is 0. The van der Waals surface area contributed by atoms with Crippen LogP contribution >= 0.6 is 0 Å². The zero-order valence-corrected chi connectivity index (χ0v) is 12.6. The molecular formula is C19H23N. The van der Waals surface area contributed by atoms with Crippen molar-refractivity contribution < 1.29 is 0 Å². The highest BCUT2D eigenvalue weighted by atomic mass is 14.7. The molecule has 0 amide bonds. The van der Waals surface area contributed by atoms with Crippen LogP contribution in [0.25, 0.3) is 0 Å². The van der Waals surface area contributed by atoms with E-state index in [0.29, 0.717) is 5.92 Å². The highest BCUT2D eigenvalue weighted by Crippen LogP contribution is 2.42. The van der Waals surface area contributed by atoms with Crippen molar-refractivity contribution in [2.45, 2.75) is 39.2 Å². The molecule has 0 spiro atoms. The maximum Gasteiger partial charge on any atom is 0.0252 e. The molecule has 1 aliphatic carbocycles. The molecule has 1 heteroatoms. The van der Waals surface area contributed by atoms with Gasteiger partial charge in [-0.15, -0.1) is 0 Å². The molecule has 0 radical (unpaired) electrons. The summed E-state index contributed by atoms with van der Waals surface area (Å²) in [5.41, 5.74) is 12.4. The van der Waals surface area contributed by atoms with Gasteiger partial charge in [-0.2, -0.15) is 0 Å². The molecule has 2 aromatic rings. The summed E-state index contributed by atoms with van der Waals surface area (Å²) < 4.78 is 0. The quantitative estimate of drug-likeness (QED) is 0.825. The maximum atomic E-state index is 6.66. The summed E-state index contributed by atoms with van der Waals surface area (Å²) in [5.74, 6) is 0.302. The standard InChI is InChI=1S/C19H23N/c1-19(2,3)18(20)17-15-10-6-4-8-13(15)12-14-9-5-7-11-16(14)17/h4-11,17-18H,12,20H2,1-3H3. The third-order valence-corrected chi connectivity index (χ3v) is 4.52. The molecule has 1 nitrogen and oxygen atoms in total. The van der Waals surface area contributed by atoms with Gasteiger partial charge in [0.15, 0.2) is 0 Å². The third-order valence-electron chi connectivity index (χ3n) is 4.52. The van der Waals surface area contributed by atoms with Crippen LogP contribution in [0.15, 0.2) is 48.5 Å². The minimum atomic E-state index is 0.0855. The molecule has 0 fully saturated rings. The summed E-state index contributed by atoms with van der Waals surface area (Å²) in [5, 5.41) is 0. The average molecular weight is 265 g/mol. The lowest BCUT2D eigenvalue weighted by Gasteiger charge is -2.39. The van der Waals surface area contributed by atoms with Crippen LogP contribution in [-0.4, -0.2) is 6.04 Å². The first-order chi connectivity index (χ1) is 9.48. The number of benzene rings is 2. The van der Waals surface area contributed by atoms with Gasteiger partial charge in [0.25, 0.3) is 0 Å². The molecule has 0 bridgehead atoms. The Hall–Kier alpha value is -1.60. The van der Waals surface area contributed by atoms with Crippen molar-refractivity contribution in [2.75, 3.05) is 0 Å². The van der Waals surface area contributed by atoms with Crippen LogP contribution < -0.4 is 5.73 Å². The van der Waals surface area contributed by atoms with Crippen molar-refractivity contribution in [3.8, 4) is 0 Å². The molecule has 0 heterocycles. The lowest BCUT2D eigenvalue weighted by molar-refractivity contribution is 0.295. The van der Waals surface area contributed by atoms with E-state index in [1.165, 1.54) is 22.3 Å². The van der Waals surface area contributed by atoms with Gasteiger partial charge in [0.05, 0.1) is 0 Å². The zero-order valence-electron chi connectivity index (χ0n) is 12.6. The first-order valence-corrected chi connectivity index (χ1v) is 7.39. The highest BCUT2D eigenvalue weighted by Gasteiger charge is 2.35. The number of hydrogen-bond donors (Lipinski definition) is 1. The van der Waals surface area contributed by atoms with Gasteiger partial charge in [-0.25, -0.2) is 0 Å². The lowest BCUT2D eigenvalue weighted by Crippen LogP contribution is -2.42. The predicted molar refractivity (Wildman–Crippen MR) is 85.0 cm³/mol. The SMILES string of the molecule is CC(C)(C)C(N)C1c2ccccc2Cc2ccccc21. The Balaban J connectivity index is 2.17. The van der Waals surface area contributed by atoms with E-state index in [1.807, 2.05) is 0 Å². The highest BCUT2D eigenvalue weighted by molar-refractivity contribution is 5.50. The molecule has 1 unspecified atom stereocenters. The van der Waals surface area contributed by atoms with Crippen molar-refractivity contribution >= 4 is 0 Å². The van der Waals surface area contributed by atoms with E-state index >= 15 is 0 Å². The van der Waals surface area contributed by atoms with Gasteiger partial charge in [0.2, 0.25) is 0 Å². The Morgan fingerprint density at radius 1 is 0.900 bits per heavy atom. The number of rotatable bonds is 1. The maximum absolute atomic E-state index is 6.66. The van der Waals surface area contributed by atoms with Crippen LogP contribution in [0.2, 0.25) is 0 Å². The average Bonchev–Trinajstić information content (AvgIpc) is 2.43. The molecule has 0 saturated heterocycles. The Morgan fingerprint density at radius 3 is 1.80 bits per heavy atom. The minimum absolute atomic E-state index is 0.0855. The van der Waals surface area contributed by atoms with Crippen LogP contribution in [0.3, 0.4) is 0 Å². The summed E-state index contributed by atoms with van der Waals surface area (Å²) in [6.45, 7) is 6.70. The fourth-order valence-corrected chi connectivity index (χ4v) is 3.26. The summed E-state index contributed by atoms with van der Waals surface area (Å²) in [4.78, 5) is 0. The normalized spacial score (nSPS) is 16.4. The lowest BCUT2D eigenvalue weighted by atomic mass is 9.68. The number of nitrogens with two attached hydrogens (primary N) is 1. The van der Waals surface area contributed by atoms with Crippen LogP contribution in [0.1, 0.15) is 48.9 Å². The van der Waals surface area contributed by atoms with E-state index in [4.69, 9.17) is 5.73 Å². The van der Waals surface area contributed by atoms with Crippen LogP contribution in [-0.2, 0) is 6.42 Å². The fraction of sp³-hybridized carbons (Fsp3) is 0.368. The molecule has 2 aromatic carbocycles. The van der Waals surface area contributed by atoms with Gasteiger partial charge >= 0.3 is 0 Å². The summed E-state index contributed by atoms with van der Waals surface area (Å²) in [6.07, 6.45) is 1.03. The van der Waals surface area contributed by atoms with Gasteiger partial charge in [-0.05, 0) is 34.1 Å². The molecule has 104 valence electrons. The molecule has 1 atom stereocenters. The molecule has 0 saturated carbocycles.